The number of carbonyl (C=O) groups is 1. The Morgan fingerprint density at radius 3 is 2.63 bits per heavy atom. The van der Waals surface area contributed by atoms with Gasteiger partial charge in [0.1, 0.15) is 11.6 Å². The number of benzene rings is 2. The number of aliphatic hydroxyl groups is 1. The Hall–Kier alpha value is -2.99. The van der Waals surface area contributed by atoms with Gasteiger partial charge >= 0.3 is 0 Å². The molecular weight excluding hydrogens is 347 g/mol. The van der Waals surface area contributed by atoms with Crippen LogP contribution in [-0.2, 0) is 0 Å². The number of hydrogen-bond acceptors (Lipinski definition) is 4. The van der Waals surface area contributed by atoms with E-state index in [-0.39, 0.29) is 18.3 Å². The van der Waals surface area contributed by atoms with Gasteiger partial charge in [-0.05, 0) is 56.3 Å². The quantitative estimate of drug-likeness (QED) is 0.698. The van der Waals surface area contributed by atoms with E-state index >= 15 is 0 Å². The number of aromatic nitrogens is 1. The summed E-state index contributed by atoms with van der Waals surface area (Å²) in [6.45, 7) is 4.12. The van der Waals surface area contributed by atoms with Gasteiger partial charge in [-0.3, -0.25) is 4.79 Å². The maximum absolute atomic E-state index is 13.2. The lowest BCUT2D eigenvalue weighted by molar-refractivity contribution is 0.0924. The molecule has 1 heterocycles. The smallest absolute Gasteiger partial charge is 0.251 e. The number of halogens is 1. The van der Waals surface area contributed by atoms with Crippen molar-refractivity contribution in [2.24, 2.45) is 0 Å². The van der Waals surface area contributed by atoms with E-state index < -0.39 is 6.10 Å². The maximum atomic E-state index is 13.2. The lowest BCUT2D eigenvalue weighted by atomic mass is 10.1. The summed E-state index contributed by atoms with van der Waals surface area (Å²) < 4.78 is 18.9. The second-order valence-corrected chi connectivity index (χ2v) is 6.24. The molecule has 6 heteroatoms. The van der Waals surface area contributed by atoms with Crippen LogP contribution in [0.25, 0.3) is 22.2 Å². The summed E-state index contributed by atoms with van der Waals surface area (Å²) >= 11 is 0. The van der Waals surface area contributed by atoms with Gasteiger partial charge in [-0.2, -0.15) is 0 Å². The van der Waals surface area contributed by atoms with Crippen LogP contribution in [-0.4, -0.2) is 35.3 Å². The number of ether oxygens (including phenoxy) is 1. The fourth-order valence-electron chi connectivity index (χ4n) is 2.72. The van der Waals surface area contributed by atoms with Crippen molar-refractivity contribution in [1.82, 2.24) is 10.3 Å². The van der Waals surface area contributed by atoms with Gasteiger partial charge in [-0.1, -0.05) is 0 Å². The van der Waals surface area contributed by atoms with E-state index in [0.717, 1.165) is 5.56 Å². The van der Waals surface area contributed by atoms with E-state index in [9.17, 15) is 14.3 Å². The fraction of sp³-hybridized carbons (Fsp3) is 0.238. The third kappa shape index (κ3) is 4.41. The number of carbonyl (C=O) groups excluding carboxylic acids is 1. The zero-order valence-electron chi connectivity index (χ0n) is 15.2. The number of pyridine rings is 1. The van der Waals surface area contributed by atoms with Gasteiger partial charge in [0, 0.05) is 29.1 Å². The molecule has 27 heavy (non-hydrogen) atoms. The average molecular weight is 368 g/mol. The molecule has 1 aromatic heterocycles. The summed E-state index contributed by atoms with van der Waals surface area (Å²) in [5.74, 6) is 0.0206. The summed E-state index contributed by atoms with van der Waals surface area (Å²) in [7, 11) is 0. The third-order valence-corrected chi connectivity index (χ3v) is 4.03. The fourth-order valence-corrected chi connectivity index (χ4v) is 2.72. The highest BCUT2D eigenvalue weighted by atomic mass is 19.1. The number of nitrogens with zero attached hydrogens (tertiary/aromatic N) is 1. The zero-order valence-corrected chi connectivity index (χ0v) is 15.2. The van der Waals surface area contributed by atoms with Crippen molar-refractivity contribution in [2.45, 2.75) is 20.0 Å². The molecule has 0 unspecified atom stereocenters. The Labute approximate surface area is 156 Å². The van der Waals surface area contributed by atoms with Gasteiger partial charge in [-0.25, -0.2) is 9.37 Å². The second kappa shape index (κ2) is 8.14. The van der Waals surface area contributed by atoms with Crippen molar-refractivity contribution >= 4 is 16.8 Å². The average Bonchev–Trinajstić information content (AvgIpc) is 2.66. The Morgan fingerprint density at radius 1 is 1.22 bits per heavy atom. The number of hydrogen-bond donors (Lipinski definition) is 2. The van der Waals surface area contributed by atoms with E-state index in [1.807, 2.05) is 6.92 Å². The van der Waals surface area contributed by atoms with Gasteiger partial charge < -0.3 is 15.2 Å². The van der Waals surface area contributed by atoms with Crippen LogP contribution >= 0.6 is 0 Å². The Morgan fingerprint density at radius 2 is 1.96 bits per heavy atom. The molecule has 1 atom stereocenters. The van der Waals surface area contributed by atoms with Crippen LogP contribution in [0.4, 0.5) is 4.39 Å². The summed E-state index contributed by atoms with van der Waals surface area (Å²) in [5.41, 5.74) is 2.57. The Kier molecular flexibility index (Phi) is 5.66. The first-order chi connectivity index (χ1) is 13.0. The SMILES string of the molecule is CCOc1cc(-c2ccc(F)cc2)nc2ccc(C(=O)NC[C@H](C)O)cc12. The summed E-state index contributed by atoms with van der Waals surface area (Å²) in [6.07, 6.45) is -0.617. The van der Waals surface area contributed by atoms with Crippen molar-refractivity contribution in [3.05, 3.63) is 59.9 Å². The van der Waals surface area contributed by atoms with Crippen LogP contribution in [0.2, 0.25) is 0 Å². The highest BCUT2D eigenvalue weighted by molar-refractivity contribution is 5.99. The summed E-state index contributed by atoms with van der Waals surface area (Å²) in [6, 6.07) is 13.0. The van der Waals surface area contributed by atoms with Gasteiger partial charge in [0.05, 0.1) is 23.9 Å². The first-order valence-electron chi connectivity index (χ1n) is 8.77. The van der Waals surface area contributed by atoms with Gasteiger partial charge in [0.25, 0.3) is 5.91 Å². The minimum Gasteiger partial charge on any atom is -0.493 e. The minimum atomic E-state index is -0.617. The van der Waals surface area contributed by atoms with Crippen molar-refractivity contribution in [3.63, 3.8) is 0 Å². The first-order valence-corrected chi connectivity index (χ1v) is 8.77. The van der Waals surface area contributed by atoms with E-state index in [0.29, 0.717) is 34.5 Å². The highest BCUT2D eigenvalue weighted by Gasteiger charge is 2.13. The lowest BCUT2D eigenvalue weighted by Gasteiger charge is -2.12. The molecule has 0 aliphatic carbocycles. The predicted octanol–water partition coefficient (Wildman–Crippen LogP) is 3.55. The molecule has 0 spiro atoms. The molecule has 0 radical (unpaired) electrons. The normalized spacial score (nSPS) is 12.0. The van der Waals surface area contributed by atoms with E-state index in [4.69, 9.17) is 4.74 Å². The van der Waals surface area contributed by atoms with Crippen molar-refractivity contribution in [1.29, 1.82) is 0 Å². The van der Waals surface area contributed by atoms with Crippen LogP contribution in [0.5, 0.6) is 5.75 Å². The Balaban J connectivity index is 2.03. The zero-order chi connectivity index (χ0) is 19.4. The molecule has 2 aromatic carbocycles. The number of aliphatic hydroxyl groups excluding tert-OH is 1. The molecule has 0 aliphatic rings. The van der Waals surface area contributed by atoms with Crippen molar-refractivity contribution < 1.29 is 19.0 Å². The number of nitrogens with one attached hydrogen (secondary N) is 1. The molecule has 2 N–H and O–H groups in total. The van der Waals surface area contributed by atoms with E-state index in [1.54, 1.807) is 43.3 Å². The molecular formula is C21H21FN2O3. The van der Waals surface area contributed by atoms with Crippen LogP contribution in [0, 0.1) is 5.82 Å². The minimum absolute atomic E-state index is 0.178. The molecule has 3 rings (SSSR count). The molecule has 140 valence electrons. The highest BCUT2D eigenvalue weighted by Crippen LogP contribution is 2.31. The van der Waals surface area contributed by atoms with Crippen LogP contribution < -0.4 is 10.1 Å². The molecule has 5 nitrogen and oxygen atoms in total. The van der Waals surface area contributed by atoms with E-state index in [2.05, 4.69) is 10.3 Å². The number of fused-ring (bicyclic) bond motifs is 1. The molecule has 0 saturated heterocycles. The molecule has 0 bridgehead atoms. The molecule has 0 fully saturated rings. The standard InChI is InChI=1S/C21H21FN2O3/c1-3-27-20-11-19(14-4-7-16(22)8-5-14)24-18-9-6-15(10-17(18)20)21(26)23-12-13(2)25/h4-11,13,25H,3,12H2,1-2H3,(H,23,26)/t13-/m0/s1. The van der Waals surface area contributed by atoms with Gasteiger partial charge in [0.2, 0.25) is 0 Å². The summed E-state index contributed by atoms with van der Waals surface area (Å²) in [5, 5.41) is 12.7. The summed E-state index contributed by atoms with van der Waals surface area (Å²) in [4.78, 5) is 16.9. The number of amides is 1. The Bertz CT molecular complexity index is 956. The van der Waals surface area contributed by atoms with Gasteiger partial charge in [0.15, 0.2) is 0 Å². The molecule has 0 aliphatic heterocycles. The van der Waals surface area contributed by atoms with E-state index in [1.165, 1.54) is 12.1 Å². The van der Waals surface area contributed by atoms with Crippen LogP contribution in [0.3, 0.4) is 0 Å². The molecule has 1 amide bonds. The third-order valence-electron chi connectivity index (χ3n) is 4.03. The monoisotopic (exact) mass is 368 g/mol. The van der Waals surface area contributed by atoms with Crippen LogP contribution in [0.1, 0.15) is 24.2 Å². The second-order valence-electron chi connectivity index (χ2n) is 6.24. The number of rotatable bonds is 6. The predicted molar refractivity (Wildman–Crippen MR) is 102 cm³/mol. The van der Waals surface area contributed by atoms with Crippen LogP contribution in [0.15, 0.2) is 48.5 Å². The molecule has 3 aromatic rings. The first kappa shape index (κ1) is 18.8. The van der Waals surface area contributed by atoms with Gasteiger partial charge in [-0.15, -0.1) is 0 Å². The van der Waals surface area contributed by atoms with Crippen molar-refractivity contribution in [3.8, 4) is 17.0 Å². The maximum Gasteiger partial charge on any atom is 0.251 e. The largest absolute Gasteiger partial charge is 0.493 e. The van der Waals surface area contributed by atoms with Crippen molar-refractivity contribution in [2.75, 3.05) is 13.2 Å². The topological polar surface area (TPSA) is 71.5 Å². The lowest BCUT2D eigenvalue weighted by Crippen LogP contribution is -2.30. The molecule has 0 saturated carbocycles.